The number of anilines is 1. The van der Waals surface area contributed by atoms with E-state index >= 15 is 0 Å². The fourth-order valence-corrected chi connectivity index (χ4v) is 2.18. The highest BCUT2D eigenvalue weighted by Gasteiger charge is 2.14. The summed E-state index contributed by atoms with van der Waals surface area (Å²) < 4.78 is 0. The summed E-state index contributed by atoms with van der Waals surface area (Å²) in [4.78, 5) is 2.19. The molecule has 0 spiro atoms. The quantitative estimate of drug-likeness (QED) is 0.760. The summed E-state index contributed by atoms with van der Waals surface area (Å²) in [6.07, 6.45) is 2.47. The van der Waals surface area contributed by atoms with Gasteiger partial charge < -0.3 is 10.2 Å². The topological polar surface area (TPSA) is 15.3 Å². The molecule has 0 radical (unpaired) electrons. The highest BCUT2D eigenvalue weighted by Crippen LogP contribution is 2.16. The largest absolute Gasteiger partial charge is 0.349 e. The Morgan fingerprint density at radius 1 is 1.33 bits per heavy atom. The Labute approximate surface area is 100 Å². The highest BCUT2D eigenvalue weighted by molar-refractivity contribution is 7.80. The van der Waals surface area contributed by atoms with Gasteiger partial charge in [0.2, 0.25) is 0 Å². The summed E-state index contributed by atoms with van der Waals surface area (Å²) in [6.45, 7) is 2.12. The molecule has 0 atom stereocenters. The number of hydrogen-bond acceptors (Lipinski definition) is 1. The van der Waals surface area contributed by atoms with Crippen molar-refractivity contribution in [1.29, 1.82) is 0 Å². The third-order valence-electron chi connectivity index (χ3n) is 2.47. The third-order valence-corrected chi connectivity index (χ3v) is 3.06. The molecule has 2 nitrogen and oxygen atoms in total. The Morgan fingerprint density at radius 2 is 2.07 bits per heavy atom. The number of benzene rings is 1. The van der Waals surface area contributed by atoms with Crippen LogP contribution in [0.2, 0.25) is 5.02 Å². The minimum Gasteiger partial charge on any atom is -0.349 e. The van der Waals surface area contributed by atoms with E-state index in [4.69, 9.17) is 23.8 Å². The molecule has 1 aromatic carbocycles. The summed E-state index contributed by atoms with van der Waals surface area (Å²) in [7, 11) is 0. The van der Waals surface area contributed by atoms with Gasteiger partial charge >= 0.3 is 0 Å². The Balaban J connectivity index is 1.99. The average Bonchev–Trinajstić information content (AvgIpc) is 2.70. The molecule has 1 aliphatic rings. The summed E-state index contributed by atoms with van der Waals surface area (Å²) in [6, 6.07) is 7.61. The van der Waals surface area contributed by atoms with E-state index in [9.17, 15) is 0 Å². The van der Waals surface area contributed by atoms with E-state index in [2.05, 4.69) is 10.2 Å². The summed E-state index contributed by atoms with van der Waals surface area (Å²) in [5.74, 6) is 0. The van der Waals surface area contributed by atoms with Gasteiger partial charge in [-0.1, -0.05) is 17.7 Å². The fraction of sp³-hybridized carbons (Fsp3) is 0.364. The molecule has 1 heterocycles. The van der Waals surface area contributed by atoms with Crippen LogP contribution in [0.3, 0.4) is 0 Å². The van der Waals surface area contributed by atoms with Gasteiger partial charge in [0.15, 0.2) is 5.11 Å². The SMILES string of the molecule is S=C(Nc1cccc(Cl)c1)N1CCCC1. The lowest BCUT2D eigenvalue weighted by Crippen LogP contribution is -2.31. The van der Waals surface area contributed by atoms with E-state index in [0.717, 1.165) is 28.9 Å². The zero-order valence-electron chi connectivity index (χ0n) is 8.37. The Kier molecular flexibility index (Phi) is 3.44. The molecule has 0 aliphatic carbocycles. The van der Waals surface area contributed by atoms with Crippen molar-refractivity contribution in [2.24, 2.45) is 0 Å². The van der Waals surface area contributed by atoms with Crippen molar-refractivity contribution < 1.29 is 0 Å². The number of hydrogen-bond donors (Lipinski definition) is 1. The van der Waals surface area contributed by atoms with Crippen molar-refractivity contribution in [3.05, 3.63) is 29.3 Å². The molecule has 0 amide bonds. The van der Waals surface area contributed by atoms with Crippen molar-refractivity contribution in [1.82, 2.24) is 4.90 Å². The first-order valence-electron chi connectivity index (χ1n) is 5.07. The van der Waals surface area contributed by atoms with Crippen LogP contribution in [0, 0.1) is 0 Å². The number of thiocarbonyl (C=S) groups is 1. The van der Waals surface area contributed by atoms with Crippen molar-refractivity contribution in [2.45, 2.75) is 12.8 Å². The number of rotatable bonds is 1. The first-order chi connectivity index (χ1) is 7.25. The molecule has 4 heteroatoms. The molecule has 2 rings (SSSR count). The summed E-state index contributed by atoms with van der Waals surface area (Å²) in [5.41, 5.74) is 0.958. The van der Waals surface area contributed by atoms with Crippen LogP contribution in [0.1, 0.15) is 12.8 Å². The smallest absolute Gasteiger partial charge is 0.173 e. The lowest BCUT2D eigenvalue weighted by atomic mass is 10.3. The zero-order chi connectivity index (χ0) is 10.7. The van der Waals surface area contributed by atoms with E-state index < -0.39 is 0 Å². The number of nitrogens with zero attached hydrogens (tertiary/aromatic N) is 1. The molecular weight excluding hydrogens is 228 g/mol. The van der Waals surface area contributed by atoms with E-state index in [-0.39, 0.29) is 0 Å². The second-order valence-electron chi connectivity index (χ2n) is 3.63. The zero-order valence-corrected chi connectivity index (χ0v) is 9.94. The molecule has 1 aliphatic heterocycles. The standard InChI is InChI=1S/C11H13ClN2S/c12-9-4-3-5-10(8-9)13-11(15)14-6-1-2-7-14/h3-5,8H,1-2,6-7H2,(H,13,15). The average molecular weight is 241 g/mol. The Bertz CT molecular complexity index is 361. The van der Waals surface area contributed by atoms with Gasteiger partial charge in [-0.2, -0.15) is 0 Å². The summed E-state index contributed by atoms with van der Waals surface area (Å²) >= 11 is 11.2. The maximum atomic E-state index is 5.89. The van der Waals surface area contributed by atoms with Gasteiger partial charge in [0.05, 0.1) is 0 Å². The van der Waals surface area contributed by atoms with Gasteiger partial charge in [-0.3, -0.25) is 0 Å². The minimum absolute atomic E-state index is 0.726. The van der Waals surface area contributed by atoms with Crippen LogP contribution in [0.25, 0.3) is 0 Å². The van der Waals surface area contributed by atoms with Gasteiger partial charge in [-0.05, 0) is 43.3 Å². The lowest BCUT2D eigenvalue weighted by Gasteiger charge is -2.19. The predicted molar refractivity (Wildman–Crippen MR) is 68.5 cm³/mol. The molecule has 1 N–H and O–H groups in total. The predicted octanol–water partition coefficient (Wildman–Crippen LogP) is 3.13. The number of nitrogens with one attached hydrogen (secondary N) is 1. The van der Waals surface area contributed by atoms with Gasteiger partial charge in [-0.15, -0.1) is 0 Å². The molecular formula is C11H13ClN2S. The van der Waals surface area contributed by atoms with Crippen LogP contribution in [-0.2, 0) is 0 Å². The van der Waals surface area contributed by atoms with Crippen LogP contribution < -0.4 is 5.32 Å². The van der Waals surface area contributed by atoms with Crippen molar-refractivity contribution >= 4 is 34.6 Å². The Morgan fingerprint density at radius 3 is 2.73 bits per heavy atom. The molecule has 80 valence electrons. The Hall–Kier alpha value is -0.800. The van der Waals surface area contributed by atoms with Gasteiger partial charge in [0.25, 0.3) is 0 Å². The van der Waals surface area contributed by atoms with Crippen molar-refractivity contribution in [2.75, 3.05) is 18.4 Å². The molecule has 1 saturated heterocycles. The van der Waals surface area contributed by atoms with Gasteiger partial charge in [-0.25, -0.2) is 0 Å². The van der Waals surface area contributed by atoms with Gasteiger partial charge in [0.1, 0.15) is 0 Å². The van der Waals surface area contributed by atoms with Crippen LogP contribution in [0.4, 0.5) is 5.69 Å². The molecule has 1 fully saturated rings. The third kappa shape index (κ3) is 2.83. The van der Waals surface area contributed by atoms with E-state index in [1.165, 1.54) is 12.8 Å². The molecule has 0 bridgehead atoms. The second kappa shape index (κ2) is 4.81. The van der Waals surface area contributed by atoms with Gasteiger partial charge in [0, 0.05) is 23.8 Å². The lowest BCUT2D eigenvalue weighted by molar-refractivity contribution is 0.528. The van der Waals surface area contributed by atoms with Crippen LogP contribution >= 0.6 is 23.8 Å². The monoisotopic (exact) mass is 240 g/mol. The highest BCUT2D eigenvalue weighted by atomic mass is 35.5. The summed E-state index contributed by atoms with van der Waals surface area (Å²) in [5, 5.41) is 4.72. The van der Waals surface area contributed by atoms with Crippen molar-refractivity contribution in [3.8, 4) is 0 Å². The first kappa shape index (κ1) is 10.7. The second-order valence-corrected chi connectivity index (χ2v) is 4.46. The number of likely N-dealkylation sites (tertiary alicyclic amines) is 1. The normalized spacial score (nSPS) is 15.4. The van der Waals surface area contributed by atoms with E-state index in [0.29, 0.717) is 0 Å². The molecule has 0 aromatic heterocycles. The van der Waals surface area contributed by atoms with Crippen LogP contribution in [-0.4, -0.2) is 23.1 Å². The van der Waals surface area contributed by atoms with Crippen LogP contribution in [0.5, 0.6) is 0 Å². The number of halogens is 1. The maximum Gasteiger partial charge on any atom is 0.173 e. The molecule has 0 saturated carbocycles. The molecule has 1 aromatic rings. The van der Waals surface area contributed by atoms with Crippen molar-refractivity contribution in [3.63, 3.8) is 0 Å². The molecule has 0 unspecified atom stereocenters. The fourth-order valence-electron chi connectivity index (χ4n) is 1.69. The van der Waals surface area contributed by atoms with E-state index in [1.807, 2.05) is 24.3 Å². The minimum atomic E-state index is 0.726. The maximum absolute atomic E-state index is 5.89. The first-order valence-corrected chi connectivity index (χ1v) is 5.86. The molecule has 15 heavy (non-hydrogen) atoms. The van der Waals surface area contributed by atoms with E-state index in [1.54, 1.807) is 0 Å². The van der Waals surface area contributed by atoms with Crippen LogP contribution in [0.15, 0.2) is 24.3 Å².